The number of alkyl halides is 4. The normalized spacial score (nSPS) is 27.3. The first kappa shape index (κ1) is 26.1. The van der Waals surface area contributed by atoms with Gasteiger partial charge in [-0.1, -0.05) is 0 Å². The summed E-state index contributed by atoms with van der Waals surface area (Å²) in [6.45, 7) is -0.729. The lowest BCUT2D eigenvalue weighted by Crippen LogP contribution is -2.46. The molecule has 0 aromatic rings. The van der Waals surface area contributed by atoms with Gasteiger partial charge in [0.05, 0.1) is 19.1 Å². The van der Waals surface area contributed by atoms with Crippen LogP contribution in [0, 0.1) is 17.8 Å². The van der Waals surface area contributed by atoms with Crippen LogP contribution in [0.3, 0.4) is 0 Å². The minimum Gasteiger partial charge on any atom is -0.466 e. The van der Waals surface area contributed by atoms with Crippen molar-refractivity contribution in [1.29, 1.82) is 0 Å². The number of ether oxygens (including phenoxy) is 1. The molecule has 2 N–H and O–H groups in total. The van der Waals surface area contributed by atoms with Crippen molar-refractivity contribution in [3.05, 3.63) is 0 Å². The second kappa shape index (κ2) is 9.77. The molecule has 2 saturated carbocycles. The number of carbonyl (C=O) groups excluding carboxylic acids is 2. The minimum absolute atomic E-state index is 0.0197. The number of fused-ring (bicyclic) bond motifs is 2. The average molecular weight is 498 g/mol. The summed E-state index contributed by atoms with van der Waals surface area (Å²) < 4.78 is 111. The third-order valence-corrected chi connectivity index (χ3v) is 6.96. The van der Waals surface area contributed by atoms with Gasteiger partial charge in [-0.3, -0.25) is 22.9 Å². The van der Waals surface area contributed by atoms with Gasteiger partial charge in [-0.2, -0.15) is 30.2 Å². The Kier molecular flexibility index (Phi) is 8.22. The smallest absolute Gasteiger partial charge is 0.431 e. The van der Waals surface area contributed by atoms with Crippen molar-refractivity contribution in [2.45, 2.75) is 62.2 Å². The molecule has 15 heteroatoms. The summed E-state index contributed by atoms with van der Waals surface area (Å²) in [6, 6.07) is 0. The van der Waals surface area contributed by atoms with Crippen LogP contribution in [0.5, 0.6) is 0 Å². The van der Waals surface area contributed by atoms with E-state index in [4.69, 9.17) is 13.3 Å². The highest BCUT2D eigenvalue weighted by atomic mass is 32.2. The molecular formula is C16H22F4O9S2. The van der Waals surface area contributed by atoms with E-state index in [-0.39, 0.29) is 24.0 Å². The Labute approximate surface area is 178 Å². The molecule has 0 aromatic heterocycles. The number of hydrogen-bond acceptors (Lipinski definition) is 7. The van der Waals surface area contributed by atoms with E-state index >= 15 is 0 Å². The fraction of sp³-hybridized carbons (Fsp3) is 0.875. The molecule has 180 valence electrons. The molecule has 0 aliphatic heterocycles. The maximum Gasteiger partial charge on any atom is 0.431 e. The third kappa shape index (κ3) is 6.00. The third-order valence-electron chi connectivity index (χ3n) is 5.63. The first-order valence-corrected chi connectivity index (χ1v) is 11.8. The van der Waals surface area contributed by atoms with E-state index in [2.05, 4.69) is 4.74 Å². The highest BCUT2D eigenvalue weighted by Crippen LogP contribution is 2.50. The number of carbonyl (C=O) groups is 2. The highest BCUT2D eigenvalue weighted by molar-refractivity contribution is 7.87. The molecule has 2 aliphatic carbocycles. The van der Waals surface area contributed by atoms with Crippen LogP contribution in [-0.2, 0) is 40.0 Å². The number of rotatable bonds is 12. The minimum atomic E-state index is -6.33. The summed E-state index contributed by atoms with van der Waals surface area (Å²) in [5, 5.41) is -5.69. The van der Waals surface area contributed by atoms with Gasteiger partial charge in [-0.05, 0) is 37.5 Å². The lowest BCUT2D eigenvalue weighted by Gasteiger charge is -2.28. The summed E-state index contributed by atoms with van der Waals surface area (Å²) in [4.78, 5) is 24.2. The summed E-state index contributed by atoms with van der Waals surface area (Å²) >= 11 is -2.54. The van der Waals surface area contributed by atoms with Gasteiger partial charge in [0.1, 0.15) is 5.78 Å². The summed E-state index contributed by atoms with van der Waals surface area (Å²) in [6.07, 6.45) is -1.71. The van der Waals surface area contributed by atoms with E-state index < -0.39 is 76.5 Å². The predicted octanol–water partition coefficient (Wildman–Crippen LogP) is 2.34. The van der Waals surface area contributed by atoms with Gasteiger partial charge in [0.15, 0.2) is 0 Å². The molecule has 9 nitrogen and oxygen atoms in total. The van der Waals surface area contributed by atoms with Gasteiger partial charge in [0.25, 0.3) is 0 Å². The molecule has 0 aromatic carbocycles. The molecule has 5 atom stereocenters. The van der Waals surface area contributed by atoms with Crippen LogP contribution in [-0.4, -0.2) is 57.4 Å². The zero-order valence-electron chi connectivity index (χ0n) is 16.0. The molecule has 5 unspecified atom stereocenters. The predicted molar refractivity (Wildman–Crippen MR) is 95.8 cm³/mol. The van der Waals surface area contributed by atoms with E-state index in [9.17, 15) is 39.8 Å². The van der Waals surface area contributed by atoms with Crippen molar-refractivity contribution in [1.82, 2.24) is 0 Å². The average Bonchev–Trinajstić information content (AvgIpc) is 3.23. The van der Waals surface area contributed by atoms with E-state index in [1.807, 2.05) is 0 Å². The number of esters is 1. The number of ketones is 1. The molecular weight excluding hydrogens is 476 g/mol. The van der Waals surface area contributed by atoms with E-state index in [0.717, 1.165) is 12.8 Å². The van der Waals surface area contributed by atoms with Crippen molar-refractivity contribution < 1.29 is 57.8 Å². The first-order chi connectivity index (χ1) is 14.2. The Morgan fingerprint density at radius 3 is 2.29 bits per heavy atom. The van der Waals surface area contributed by atoms with Crippen LogP contribution in [0.4, 0.5) is 17.6 Å². The first-order valence-electron chi connectivity index (χ1n) is 9.36. The molecule has 0 heterocycles. The quantitative estimate of drug-likeness (QED) is 0.136. The van der Waals surface area contributed by atoms with Crippen LogP contribution < -0.4 is 0 Å². The summed E-state index contributed by atoms with van der Waals surface area (Å²) in [5.41, 5.74) is 0. The molecule has 2 fully saturated rings. The van der Waals surface area contributed by atoms with Gasteiger partial charge in [-0.15, -0.1) is 0 Å². The topological polar surface area (TPSA) is 144 Å². The molecule has 0 saturated heterocycles. The van der Waals surface area contributed by atoms with Crippen molar-refractivity contribution in [2.24, 2.45) is 17.8 Å². The van der Waals surface area contributed by atoms with Gasteiger partial charge >= 0.3 is 38.6 Å². The fourth-order valence-electron chi connectivity index (χ4n) is 4.20. The lowest BCUT2D eigenvalue weighted by molar-refractivity contribution is -0.167. The summed E-state index contributed by atoms with van der Waals surface area (Å²) in [7, 11) is -6.33. The van der Waals surface area contributed by atoms with Crippen LogP contribution >= 0.6 is 0 Å². The van der Waals surface area contributed by atoms with Crippen molar-refractivity contribution in [3.63, 3.8) is 0 Å². The number of halogens is 4. The zero-order chi connectivity index (χ0) is 23.6. The number of hydrogen-bond donors (Lipinski definition) is 2. The van der Waals surface area contributed by atoms with Crippen LogP contribution in [0.25, 0.3) is 0 Å². The molecule has 2 bridgehead atoms. The Balaban J connectivity index is 1.76. The van der Waals surface area contributed by atoms with E-state index in [1.165, 1.54) is 0 Å². The van der Waals surface area contributed by atoms with Gasteiger partial charge in [0.2, 0.25) is 0 Å². The molecule has 0 radical (unpaired) electrons. The standard InChI is InChI=1S/C16H22F4O9S2/c17-15(18,16(19,20)31(25,26)27)6-1-7-28-12(22)5-4-11(21)13-9-2-3-10(8-9)14(13)29-30(23)24/h9-10,13-14H,1-8H2,(H,23,24)(H,25,26,27). The van der Waals surface area contributed by atoms with Gasteiger partial charge in [-0.25, -0.2) is 0 Å². The van der Waals surface area contributed by atoms with E-state index in [0.29, 0.717) is 6.42 Å². The maximum atomic E-state index is 13.3. The Morgan fingerprint density at radius 2 is 1.71 bits per heavy atom. The molecule has 2 aliphatic rings. The Bertz CT molecular complexity index is 818. The van der Waals surface area contributed by atoms with Gasteiger partial charge in [0, 0.05) is 18.8 Å². The largest absolute Gasteiger partial charge is 0.466 e. The lowest BCUT2D eigenvalue weighted by atomic mass is 9.82. The Hall–Kier alpha value is -1.16. The monoisotopic (exact) mass is 498 g/mol. The molecule has 2 rings (SSSR count). The SMILES string of the molecule is O=C(CCC(=O)C1C2CCC(C2)C1OS(=O)O)OCCCC(F)(F)C(F)(F)S(=O)(=O)O. The maximum absolute atomic E-state index is 13.3. The van der Waals surface area contributed by atoms with Crippen molar-refractivity contribution in [2.75, 3.05) is 6.61 Å². The molecule has 31 heavy (non-hydrogen) atoms. The highest BCUT2D eigenvalue weighted by Gasteiger charge is 2.65. The second-order valence-electron chi connectivity index (χ2n) is 7.62. The van der Waals surface area contributed by atoms with Crippen molar-refractivity contribution >= 4 is 33.2 Å². The fourth-order valence-corrected chi connectivity index (χ4v) is 5.14. The molecule has 0 spiro atoms. The van der Waals surface area contributed by atoms with E-state index in [1.54, 1.807) is 0 Å². The van der Waals surface area contributed by atoms with Crippen LogP contribution in [0.1, 0.15) is 44.9 Å². The number of Topliss-reactive ketones (excluding diaryl/α,β-unsaturated/α-hetero) is 1. The second-order valence-corrected chi connectivity index (χ2v) is 9.71. The van der Waals surface area contributed by atoms with Crippen LogP contribution in [0.2, 0.25) is 0 Å². The zero-order valence-corrected chi connectivity index (χ0v) is 17.7. The Morgan fingerprint density at radius 1 is 1.10 bits per heavy atom. The van der Waals surface area contributed by atoms with Crippen LogP contribution in [0.15, 0.2) is 0 Å². The van der Waals surface area contributed by atoms with Gasteiger partial charge < -0.3 is 4.74 Å². The van der Waals surface area contributed by atoms with Crippen molar-refractivity contribution in [3.8, 4) is 0 Å². The molecule has 0 amide bonds. The summed E-state index contributed by atoms with van der Waals surface area (Å²) in [5.74, 6) is -7.07.